The van der Waals surface area contributed by atoms with E-state index in [1.54, 1.807) is 16.8 Å². The quantitative estimate of drug-likeness (QED) is 0.497. The van der Waals surface area contributed by atoms with Gasteiger partial charge in [-0.25, -0.2) is 13.9 Å². The van der Waals surface area contributed by atoms with Crippen LogP contribution < -0.4 is 5.32 Å². The van der Waals surface area contributed by atoms with Gasteiger partial charge in [-0.15, -0.1) is 0 Å². The first-order valence-electron chi connectivity index (χ1n) is 10.6. The van der Waals surface area contributed by atoms with Crippen LogP contribution in [0.2, 0.25) is 0 Å². The number of nitriles is 1. The zero-order valence-electron chi connectivity index (χ0n) is 17.6. The monoisotopic (exact) mass is 447 g/mol. The van der Waals surface area contributed by atoms with Gasteiger partial charge in [0.15, 0.2) is 5.82 Å². The molecule has 0 radical (unpaired) electrons. The van der Waals surface area contributed by atoms with Crippen LogP contribution in [0.3, 0.4) is 0 Å². The number of hydrogen-bond acceptors (Lipinski definition) is 6. The fourth-order valence-corrected chi connectivity index (χ4v) is 5.15. The lowest BCUT2D eigenvalue weighted by Gasteiger charge is -2.23. The predicted octanol–water partition coefficient (Wildman–Crippen LogP) is 4.06. The number of rotatable bonds is 5. The minimum absolute atomic E-state index is 0.258. The number of halogens is 1. The first-order chi connectivity index (χ1) is 15.6. The third-order valence-corrected chi connectivity index (χ3v) is 6.90. The molecule has 1 saturated heterocycles. The predicted molar refractivity (Wildman–Crippen MR) is 120 cm³/mol. The zero-order chi connectivity index (χ0) is 22.1. The van der Waals surface area contributed by atoms with E-state index in [9.17, 15) is 9.65 Å². The molecule has 7 nitrogen and oxygen atoms in total. The van der Waals surface area contributed by atoms with Gasteiger partial charge in [0, 0.05) is 40.7 Å². The van der Waals surface area contributed by atoms with Crippen LogP contribution in [-0.4, -0.2) is 37.5 Å². The lowest BCUT2D eigenvalue weighted by atomic mass is 9.99. The van der Waals surface area contributed by atoms with E-state index < -0.39 is 5.82 Å². The van der Waals surface area contributed by atoms with Gasteiger partial charge >= 0.3 is 0 Å². The Bertz CT molecular complexity index is 1310. The number of aromatic nitrogens is 5. The number of hydrogen-bond donors (Lipinski definition) is 1. The second-order valence-electron chi connectivity index (χ2n) is 7.99. The molecule has 1 aliphatic heterocycles. The van der Waals surface area contributed by atoms with Crippen molar-refractivity contribution in [3.63, 3.8) is 0 Å². The summed E-state index contributed by atoms with van der Waals surface area (Å²) in [5, 5.41) is 22.3. The molecule has 0 bridgehead atoms. The molecule has 5 rings (SSSR count). The van der Waals surface area contributed by atoms with Crippen LogP contribution in [0.25, 0.3) is 16.6 Å². The molecule has 0 amide bonds. The van der Waals surface area contributed by atoms with Crippen LogP contribution in [0.1, 0.15) is 24.1 Å². The Morgan fingerprint density at radius 3 is 3.03 bits per heavy atom. The molecule has 9 heteroatoms. The van der Waals surface area contributed by atoms with E-state index in [1.165, 1.54) is 36.9 Å². The highest BCUT2D eigenvalue weighted by molar-refractivity contribution is 7.99. The van der Waals surface area contributed by atoms with Gasteiger partial charge < -0.3 is 5.32 Å². The first kappa shape index (κ1) is 20.7. The smallest absolute Gasteiger partial charge is 0.155 e. The summed E-state index contributed by atoms with van der Waals surface area (Å²) in [5.74, 6) is 0.171. The summed E-state index contributed by atoms with van der Waals surface area (Å²) in [5.41, 5.74) is 4.06. The molecule has 162 valence electrons. The second kappa shape index (κ2) is 8.73. The van der Waals surface area contributed by atoms with E-state index in [1.807, 2.05) is 18.5 Å². The normalized spacial score (nSPS) is 16.3. The van der Waals surface area contributed by atoms with Crippen LogP contribution in [0, 0.1) is 30.0 Å². The lowest BCUT2D eigenvalue weighted by Crippen LogP contribution is -2.32. The van der Waals surface area contributed by atoms with Crippen LogP contribution in [0.5, 0.6) is 0 Å². The van der Waals surface area contributed by atoms with E-state index in [0.717, 1.165) is 41.4 Å². The Hall–Kier alpha value is -3.22. The molecule has 0 unspecified atom stereocenters. The maximum Gasteiger partial charge on any atom is 0.155 e. The molecule has 1 atom stereocenters. The lowest BCUT2D eigenvalue weighted by molar-refractivity contribution is 0.323. The third kappa shape index (κ3) is 3.87. The van der Waals surface area contributed by atoms with E-state index in [-0.39, 0.29) is 5.03 Å². The molecule has 0 saturated carbocycles. The second-order valence-corrected chi connectivity index (χ2v) is 9.02. The van der Waals surface area contributed by atoms with Crippen molar-refractivity contribution in [1.82, 2.24) is 29.7 Å². The topological polar surface area (TPSA) is 83.8 Å². The number of fused-ring (bicyclic) bond motifs is 1. The van der Waals surface area contributed by atoms with E-state index in [0.29, 0.717) is 17.0 Å². The van der Waals surface area contributed by atoms with Gasteiger partial charge in [-0.1, -0.05) is 11.8 Å². The molecule has 0 aromatic carbocycles. The molecule has 0 spiro atoms. The molecule has 1 N–H and O–H groups in total. The molecule has 0 aliphatic carbocycles. The number of piperidine rings is 1. The van der Waals surface area contributed by atoms with Crippen molar-refractivity contribution in [2.75, 3.05) is 13.1 Å². The van der Waals surface area contributed by atoms with Gasteiger partial charge in [0.05, 0.1) is 23.5 Å². The summed E-state index contributed by atoms with van der Waals surface area (Å²) in [4.78, 5) is 4.88. The van der Waals surface area contributed by atoms with Crippen LogP contribution >= 0.6 is 11.8 Å². The van der Waals surface area contributed by atoms with Crippen molar-refractivity contribution in [2.45, 2.75) is 36.2 Å². The largest absolute Gasteiger partial charge is 0.316 e. The minimum atomic E-state index is -0.399. The Labute approximate surface area is 189 Å². The van der Waals surface area contributed by atoms with E-state index in [2.05, 4.69) is 38.2 Å². The molecule has 4 aromatic rings. The summed E-state index contributed by atoms with van der Waals surface area (Å²) in [6.45, 7) is 5.05. The Balaban J connectivity index is 1.55. The van der Waals surface area contributed by atoms with Crippen LogP contribution in [-0.2, 0) is 6.54 Å². The number of nitrogens with one attached hydrogen (secondary N) is 1. The Morgan fingerprint density at radius 2 is 2.25 bits per heavy atom. The maximum absolute atomic E-state index is 14.3. The highest BCUT2D eigenvalue weighted by Crippen LogP contribution is 2.36. The third-order valence-electron chi connectivity index (χ3n) is 5.87. The molecule has 32 heavy (non-hydrogen) atoms. The average molecular weight is 448 g/mol. The Morgan fingerprint density at radius 1 is 1.34 bits per heavy atom. The number of nitrogens with zero attached hydrogens (tertiary/aromatic N) is 6. The fraction of sp³-hybridized carbons (Fsp3) is 0.304. The van der Waals surface area contributed by atoms with Gasteiger partial charge in [0.1, 0.15) is 11.1 Å². The summed E-state index contributed by atoms with van der Waals surface area (Å²) in [7, 11) is 0. The Kier molecular flexibility index (Phi) is 5.64. The number of pyridine rings is 2. The van der Waals surface area contributed by atoms with Gasteiger partial charge in [-0.3, -0.25) is 4.68 Å². The van der Waals surface area contributed by atoms with Crippen LogP contribution in [0.4, 0.5) is 4.39 Å². The van der Waals surface area contributed by atoms with E-state index >= 15 is 0 Å². The summed E-state index contributed by atoms with van der Waals surface area (Å²) in [6, 6.07) is 7.08. The van der Waals surface area contributed by atoms with Crippen molar-refractivity contribution in [1.29, 1.82) is 5.26 Å². The minimum Gasteiger partial charge on any atom is -0.316 e. The molecule has 5 heterocycles. The summed E-state index contributed by atoms with van der Waals surface area (Å²) in [6.07, 6.45) is 9.25. The molecule has 1 fully saturated rings. The summed E-state index contributed by atoms with van der Waals surface area (Å²) >= 11 is 1.19. The van der Waals surface area contributed by atoms with Gasteiger partial charge in [-0.05, 0) is 57.0 Å². The van der Waals surface area contributed by atoms with Crippen molar-refractivity contribution < 1.29 is 4.39 Å². The van der Waals surface area contributed by atoms with Crippen LogP contribution in [0.15, 0.2) is 52.9 Å². The van der Waals surface area contributed by atoms with Crippen molar-refractivity contribution in [3.8, 4) is 17.2 Å². The standard InChI is InChI=1S/C23H22FN7S/c1-15-19(12-29-30(15)13-16-4-2-6-26-10-16)17-8-21(32-23-20(24)5-3-7-27-23)22-18(9-25)11-28-31(22)14-17/h3,5,7-8,11-12,14,16,26H,2,4,6,10,13H2,1H3/t16-/m0/s1. The average Bonchev–Trinajstić information content (AvgIpc) is 3.39. The van der Waals surface area contributed by atoms with Gasteiger partial charge in [0.2, 0.25) is 0 Å². The molecular weight excluding hydrogens is 425 g/mol. The van der Waals surface area contributed by atoms with Gasteiger partial charge in [-0.2, -0.15) is 15.5 Å². The SMILES string of the molecule is Cc1c(-c2cc(Sc3ncccc3F)c3c(C#N)cnn3c2)cnn1C[C@H]1CCCNC1. The summed E-state index contributed by atoms with van der Waals surface area (Å²) < 4.78 is 18.0. The zero-order valence-corrected chi connectivity index (χ0v) is 18.4. The van der Waals surface area contributed by atoms with Crippen molar-refractivity contribution in [3.05, 3.63) is 60.1 Å². The molecule has 1 aliphatic rings. The molecule has 4 aromatic heterocycles. The highest BCUT2D eigenvalue weighted by Gasteiger charge is 2.19. The van der Waals surface area contributed by atoms with Gasteiger partial charge in [0.25, 0.3) is 0 Å². The van der Waals surface area contributed by atoms with Crippen molar-refractivity contribution in [2.24, 2.45) is 5.92 Å². The van der Waals surface area contributed by atoms with E-state index in [4.69, 9.17) is 0 Å². The first-order valence-corrected chi connectivity index (χ1v) is 11.4. The maximum atomic E-state index is 14.3. The molecular formula is C23H22FN7S. The fourth-order valence-electron chi connectivity index (χ4n) is 4.18. The van der Waals surface area contributed by atoms with Crippen molar-refractivity contribution >= 4 is 17.3 Å². The highest BCUT2D eigenvalue weighted by atomic mass is 32.2.